The molecule has 0 fully saturated rings. The SMILES string of the molecule is O=C(CSc1cn(Cc2ccc(Cl)cc2)c2ccccc12)Nc1ccc(Cl)c(Cl)c1. The van der Waals surface area contributed by atoms with Crippen molar-refractivity contribution >= 4 is 69.1 Å². The van der Waals surface area contributed by atoms with Crippen LogP contribution in [0.3, 0.4) is 0 Å². The molecule has 1 amide bonds. The van der Waals surface area contributed by atoms with Crippen LogP contribution in [0.25, 0.3) is 10.9 Å². The van der Waals surface area contributed by atoms with Gasteiger partial charge in [-0.2, -0.15) is 0 Å². The van der Waals surface area contributed by atoms with Crippen molar-refractivity contribution in [3.63, 3.8) is 0 Å². The van der Waals surface area contributed by atoms with Gasteiger partial charge in [0.15, 0.2) is 0 Å². The highest BCUT2D eigenvalue weighted by Gasteiger charge is 2.12. The van der Waals surface area contributed by atoms with Crippen LogP contribution in [0.15, 0.2) is 77.8 Å². The first-order valence-corrected chi connectivity index (χ1v) is 11.3. The molecule has 30 heavy (non-hydrogen) atoms. The fourth-order valence-corrected chi connectivity index (χ4v) is 4.47. The number of nitrogens with zero attached hydrogens (tertiary/aromatic N) is 1. The molecule has 4 aromatic rings. The lowest BCUT2D eigenvalue weighted by molar-refractivity contribution is -0.113. The molecule has 7 heteroatoms. The van der Waals surface area contributed by atoms with Crippen molar-refractivity contribution in [2.24, 2.45) is 0 Å². The molecule has 3 aromatic carbocycles. The molecular weight excluding hydrogens is 459 g/mol. The lowest BCUT2D eigenvalue weighted by atomic mass is 10.2. The molecule has 1 N–H and O–H groups in total. The first-order chi connectivity index (χ1) is 14.5. The second-order valence-electron chi connectivity index (χ2n) is 6.73. The first-order valence-electron chi connectivity index (χ1n) is 9.19. The van der Waals surface area contributed by atoms with E-state index in [1.165, 1.54) is 11.8 Å². The Hall–Kier alpha value is -2.11. The zero-order chi connectivity index (χ0) is 21.1. The molecule has 152 valence electrons. The lowest BCUT2D eigenvalue weighted by Gasteiger charge is -2.06. The molecular formula is C23H17Cl3N2OS. The van der Waals surface area contributed by atoms with E-state index in [4.69, 9.17) is 34.8 Å². The number of halogens is 3. The third kappa shape index (κ3) is 4.96. The van der Waals surface area contributed by atoms with Gasteiger partial charge in [0.1, 0.15) is 0 Å². The van der Waals surface area contributed by atoms with Crippen LogP contribution in [0.2, 0.25) is 15.1 Å². The fourth-order valence-electron chi connectivity index (χ4n) is 3.16. The Morgan fingerprint density at radius 3 is 2.47 bits per heavy atom. The fraction of sp³-hybridized carbons (Fsp3) is 0.0870. The summed E-state index contributed by atoms with van der Waals surface area (Å²) in [5.74, 6) is 0.183. The number of hydrogen-bond donors (Lipinski definition) is 1. The summed E-state index contributed by atoms with van der Waals surface area (Å²) in [6, 6.07) is 21.1. The summed E-state index contributed by atoms with van der Waals surface area (Å²) >= 11 is 19.4. The highest BCUT2D eigenvalue weighted by atomic mass is 35.5. The summed E-state index contributed by atoms with van der Waals surface area (Å²) in [6.07, 6.45) is 2.09. The van der Waals surface area contributed by atoms with Crippen LogP contribution >= 0.6 is 46.6 Å². The minimum atomic E-state index is -0.104. The minimum absolute atomic E-state index is 0.104. The number of amides is 1. The predicted molar refractivity (Wildman–Crippen MR) is 128 cm³/mol. The van der Waals surface area contributed by atoms with Crippen molar-refractivity contribution in [3.05, 3.63) is 93.6 Å². The third-order valence-corrected chi connectivity index (χ3v) is 6.61. The number of aromatic nitrogens is 1. The van der Waals surface area contributed by atoms with E-state index < -0.39 is 0 Å². The summed E-state index contributed by atoms with van der Waals surface area (Å²) in [6.45, 7) is 0.730. The van der Waals surface area contributed by atoms with Gasteiger partial charge in [-0.3, -0.25) is 4.79 Å². The van der Waals surface area contributed by atoms with Gasteiger partial charge in [0, 0.05) is 39.3 Å². The molecule has 0 saturated carbocycles. The van der Waals surface area contributed by atoms with E-state index >= 15 is 0 Å². The second kappa shape index (κ2) is 9.36. The van der Waals surface area contributed by atoms with Crippen molar-refractivity contribution in [1.29, 1.82) is 0 Å². The Labute approximate surface area is 193 Å². The Kier molecular flexibility index (Phi) is 6.59. The molecule has 0 aliphatic heterocycles. The maximum Gasteiger partial charge on any atom is 0.234 e. The molecule has 0 spiro atoms. The van der Waals surface area contributed by atoms with Crippen LogP contribution in [0.4, 0.5) is 5.69 Å². The number of fused-ring (bicyclic) bond motifs is 1. The number of nitrogens with one attached hydrogen (secondary N) is 1. The smallest absolute Gasteiger partial charge is 0.234 e. The van der Waals surface area contributed by atoms with Gasteiger partial charge < -0.3 is 9.88 Å². The monoisotopic (exact) mass is 474 g/mol. The second-order valence-corrected chi connectivity index (χ2v) is 9.00. The number of para-hydroxylation sites is 1. The maximum atomic E-state index is 12.4. The Morgan fingerprint density at radius 2 is 1.70 bits per heavy atom. The van der Waals surface area contributed by atoms with E-state index in [9.17, 15) is 4.79 Å². The summed E-state index contributed by atoms with van der Waals surface area (Å²) in [4.78, 5) is 13.5. The summed E-state index contributed by atoms with van der Waals surface area (Å²) in [5.41, 5.74) is 2.91. The zero-order valence-corrected chi connectivity index (χ0v) is 18.8. The molecule has 0 radical (unpaired) electrons. The molecule has 4 rings (SSSR count). The van der Waals surface area contributed by atoms with Gasteiger partial charge in [0.05, 0.1) is 15.8 Å². The minimum Gasteiger partial charge on any atom is -0.342 e. The van der Waals surface area contributed by atoms with E-state index in [1.807, 2.05) is 36.4 Å². The molecule has 0 aliphatic rings. The van der Waals surface area contributed by atoms with E-state index in [2.05, 4.69) is 28.2 Å². The van der Waals surface area contributed by atoms with E-state index in [0.29, 0.717) is 15.7 Å². The van der Waals surface area contributed by atoms with E-state index in [0.717, 1.165) is 32.9 Å². The largest absolute Gasteiger partial charge is 0.342 e. The third-order valence-electron chi connectivity index (χ3n) is 4.58. The molecule has 0 bridgehead atoms. The highest BCUT2D eigenvalue weighted by molar-refractivity contribution is 8.00. The van der Waals surface area contributed by atoms with Crippen LogP contribution in [0.1, 0.15) is 5.56 Å². The Bertz CT molecular complexity index is 1210. The molecule has 1 heterocycles. The number of carbonyl (C=O) groups is 1. The number of rotatable bonds is 6. The normalized spacial score (nSPS) is 11.0. The lowest BCUT2D eigenvalue weighted by Crippen LogP contribution is -2.13. The van der Waals surface area contributed by atoms with Crippen LogP contribution in [-0.4, -0.2) is 16.2 Å². The topological polar surface area (TPSA) is 34.0 Å². The number of carbonyl (C=O) groups excluding carboxylic acids is 1. The van der Waals surface area contributed by atoms with E-state index in [-0.39, 0.29) is 11.7 Å². The molecule has 0 unspecified atom stereocenters. The molecule has 0 saturated heterocycles. The molecule has 1 aromatic heterocycles. The first kappa shape index (κ1) is 21.1. The van der Waals surface area contributed by atoms with Crippen molar-refractivity contribution in [1.82, 2.24) is 4.57 Å². The van der Waals surface area contributed by atoms with Gasteiger partial charge in [-0.15, -0.1) is 11.8 Å². The van der Waals surface area contributed by atoms with Gasteiger partial charge in [-0.05, 0) is 42.0 Å². The quantitative estimate of drug-likeness (QED) is 0.295. The van der Waals surface area contributed by atoms with Crippen molar-refractivity contribution in [3.8, 4) is 0 Å². The zero-order valence-electron chi connectivity index (χ0n) is 15.7. The van der Waals surface area contributed by atoms with Crippen LogP contribution < -0.4 is 5.32 Å². The average Bonchev–Trinajstić information content (AvgIpc) is 3.09. The van der Waals surface area contributed by atoms with Crippen LogP contribution in [-0.2, 0) is 11.3 Å². The van der Waals surface area contributed by atoms with Crippen molar-refractivity contribution in [2.75, 3.05) is 11.1 Å². The predicted octanol–water partition coefficient (Wildman–Crippen LogP) is 7.38. The maximum absolute atomic E-state index is 12.4. The molecule has 0 atom stereocenters. The van der Waals surface area contributed by atoms with Crippen LogP contribution in [0.5, 0.6) is 0 Å². The van der Waals surface area contributed by atoms with Gasteiger partial charge in [-0.25, -0.2) is 0 Å². The number of benzene rings is 3. The van der Waals surface area contributed by atoms with E-state index in [1.54, 1.807) is 18.2 Å². The number of thioether (sulfide) groups is 1. The Morgan fingerprint density at radius 1 is 0.933 bits per heavy atom. The van der Waals surface area contributed by atoms with Gasteiger partial charge in [-0.1, -0.05) is 65.1 Å². The van der Waals surface area contributed by atoms with Crippen molar-refractivity contribution in [2.45, 2.75) is 11.4 Å². The summed E-state index contributed by atoms with van der Waals surface area (Å²) in [5, 5.41) is 5.57. The summed E-state index contributed by atoms with van der Waals surface area (Å²) in [7, 11) is 0. The highest BCUT2D eigenvalue weighted by Crippen LogP contribution is 2.31. The number of hydrogen-bond acceptors (Lipinski definition) is 2. The number of anilines is 1. The van der Waals surface area contributed by atoms with Gasteiger partial charge in [0.2, 0.25) is 5.91 Å². The van der Waals surface area contributed by atoms with Gasteiger partial charge in [0.25, 0.3) is 0 Å². The Balaban J connectivity index is 1.49. The average molecular weight is 476 g/mol. The van der Waals surface area contributed by atoms with Gasteiger partial charge >= 0.3 is 0 Å². The molecule has 3 nitrogen and oxygen atoms in total. The molecule has 0 aliphatic carbocycles. The van der Waals surface area contributed by atoms with Crippen molar-refractivity contribution < 1.29 is 4.79 Å². The standard InChI is InChI=1S/C23H17Cl3N2OS/c24-16-7-5-15(6-8-16)12-28-13-22(18-3-1-2-4-21(18)28)30-14-23(29)27-17-9-10-19(25)20(26)11-17/h1-11,13H,12,14H2,(H,27,29). The van der Waals surface area contributed by atoms with Crippen LogP contribution in [0, 0.1) is 0 Å². The summed E-state index contributed by atoms with van der Waals surface area (Å²) < 4.78 is 2.19.